The Labute approximate surface area is 132 Å². The zero-order valence-electron chi connectivity index (χ0n) is 11.5. The van der Waals surface area contributed by atoms with Crippen molar-refractivity contribution in [2.24, 2.45) is 5.73 Å². The molecule has 0 aliphatic carbocycles. The molecule has 2 N–H and O–H groups in total. The number of primary amides is 1. The molecule has 0 atom stereocenters. The SMILES string of the molecule is NC(=O)c1ccc(OCCCCc2nc(CCl)cs2)cc1. The van der Waals surface area contributed by atoms with E-state index < -0.39 is 5.91 Å². The van der Waals surface area contributed by atoms with E-state index in [4.69, 9.17) is 22.1 Å². The van der Waals surface area contributed by atoms with E-state index in [2.05, 4.69) is 4.98 Å². The lowest BCUT2D eigenvalue weighted by molar-refractivity contribution is 0.100. The van der Waals surface area contributed by atoms with Crippen molar-refractivity contribution in [3.05, 3.63) is 45.9 Å². The smallest absolute Gasteiger partial charge is 0.248 e. The van der Waals surface area contributed by atoms with Crippen LogP contribution in [-0.2, 0) is 12.3 Å². The molecule has 1 amide bonds. The summed E-state index contributed by atoms with van der Waals surface area (Å²) in [7, 11) is 0. The number of aromatic nitrogens is 1. The van der Waals surface area contributed by atoms with Crippen LogP contribution in [0.4, 0.5) is 0 Å². The number of alkyl halides is 1. The largest absolute Gasteiger partial charge is 0.494 e. The summed E-state index contributed by atoms with van der Waals surface area (Å²) in [6.45, 7) is 0.643. The first-order chi connectivity index (χ1) is 10.2. The van der Waals surface area contributed by atoms with Crippen LogP contribution in [0.5, 0.6) is 5.75 Å². The number of unbranched alkanes of at least 4 members (excludes halogenated alkanes) is 1. The van der Waals surface area contributed by atoms with E-state index in [1.807, 2.05) is 5.38 Å². The van der Waals surface area contributed by atoms with E-state index in [9.17, 15) is 4.79 Å². The molecule has 21 heavy (non-hydrogen) atoms. The van der Waals surface area contributed by atoms with Crippen LogP contribution >= 0.6 is 22.9 Å². The molecule has 0 saturated heterocycles. The predicted molar refractivity (Wildman–Crippen MR) is 85.1 cm³/mol. The number of amides is 1. The Hall–Kier alpha value is -1.59. The normalized spacial score (nSPS) is 10.5. The maximum absolute atomic E-state index is 10.9. The molecular weight excluding hydrogens is 308 g/mol. The first kappa shape index (κ1) is 15.8. The van der Waals surface area contributed by atoms with E-state index in [0.717, 1.165) is 35.7 Å². The van der Waals surface area contributed by atoms with Gasteiger partial charge in [0.25, 0.3) is 0 Å². The number of benzene rings is 1. The van der Waals surface area contributed by atoms with Crippen molar-refractivity contribution >= 4 is 28.8 Å². The predicted octanol–water partition coefficient (Wildman–Crippen LogP) is 3.38. The number of hydrogen-bond acceptors (Lipinski definition) is 4. The Morgan fingerprint density at radius 2 is 2.05 bits per heavy atom. The number of ether oxygens (including phenoxy) is 1. The molecule has 4 nitrogen and oxygen atoms in total. The highest BCUT2D eigenvalue weighted by atomic mass is 35.5. The van der Waals surface area contributed by atoms with Crippen LogP contribution in [0.1, 0.15) is 33.9 Å². The van der Waals surface area contributed by atoms with E-state index in [-0.39, 0.29) is 0 Å². The molecular formula is C15H17ClN2O2S. The minimum Gasteiger partial charge on any atom is -0.494 e. The fourth-order valence-electron chi connectivity index (χ4n) is 1.81. The zero-order chi connectivity index (χ0) is 15.1. The Balaban J connectivity index is 1.66. The number of hydrogen-bond donors (Lipinski definition) is 1. The second-order valence-corrected chi connectivity index (χ2v) is 5.77. The molecule has 0 spiro atoms. The fraction of sp³-hybridized carbons (Fsp3) is 0.333. The van der Waals surface area contributed by atoms with Crippen LogP contribution in [0.2, 0.25) is 0 Å². The number of carbonyl (C=O) groups excluding carboxylic acids is 1. The second kappa shape index (κ2) is 8.00. The van der Waals surface area contributed by atoms with Gasteiger partial charge in [-0.05, 0) is 43.5 Å². The lowest BCUT2D eigenvalue weighted by Gasteiger charge is -2.06. The molecule has 1 heterocycles. The molecule has 0 radical (unpaired) electrons. The van der Waals surface area contributed by atoms with Crippen LogP contribution in [0, 0.1) is 0 Å². The van der Waals surface area contributed by atoms with Gasteiger partial charge >= 0.3 is 0 Å². The maximum Gasteiger partial charge on any atom is 0.248 e. The first-order valence-corrected chi connectivity index (χ1v) is 8.12. The van der Waals surface area contributed by atoms with Gasteiger partial charge in [0.15, 0.2) is 0 Å². The Morgan fingerprint density at radius 3 is 2.67 bits per heavy atom. The molecule has 112 valence electrons. The van der Waals surface area contributed by atoms with Crippen LogP contribution in [0.15, 0.2) is 29.6 Å². The van der Waals surface area contributed by atoms with Crippen LogP contribution in [0.3, 0.4) is 0 Å². The van der Waals surface area contributed by atoms with Crippen LogP contribution in [-0.4, -0.2) is 17.5 Å². The third-order valence-corrected chi connectivity index (χ3v) is 4.16. The van der Waals surface area contributed by atoms with Gasteiger partial charge in [0.1, 0.15) is 5.75 Å². The minimum atomic E-state index is -0.429. The number of nitrogens with two attached hydrogens (primary N) is 1. The number of thiazole rings is 1. The summed E-state index contributed by atoms with van der Waals surface area (Å²) in [5.74, 6) is 0.793. The molecule has 0 unspecified atom stereocenters. The molecule has 1 aromatic carbocycles. The van der Waals surface area contributed by atoms with Crippen molar-refractivity contribution in [1.29, 1.82) is 0 Å². The molecule has 0 aliphatic rings. The summed E-state index contributed by atoms with van der Waals surface area (Å²) < 4.78 is 5.61. The van der Waals surface area contributed by atoms with Gasteiger partial charge < -0.3 is 10.5 Å². The Bertz CT molecular complexity index is 584. The average Bonchev–Trinajstić information content (AvgIpc) is 2.95. The molecule has 2 rings (SSSR count). The summed E-state index contributed by atoms with van der Waals surface area (Å²) in [5.41, 5.74) is 6.61. The average molecular weight is 325 g/mol. The highest BCUT2D eigenvalue weighted by molar-refractivity contribution is 7.09. The standard InChI is InChI=1S/C15H17ClN2O2S/c16-9-12-10-21-14(18-12)3-1-2-8-20-13-6-4-11(5-7-13)15(17)19/h4-7,10H,1-3,8-9H2,(H2,17,19). The number of nitrogens with zero attached hydrogens (tertiary/aromatic N) is 1. The molecule has 0 aliphatic heterocycles. The first-order valence-electron chi connectivity index (χ1n) is 6.71. The quantitative estimate of drug-likeness (QED) is 0.598. The lowest BCUT2D eigenvalue weighted by atomic mass is 10.2. The van der Waals surface area contributed by atoms with E-state index in [0.29, 0.717) is 18.1 Å². The van der Waals surface area contributed by atoms with E-state index in [1.54, 1.807) is 35.6 Å². The fourth-order valence-corrected chi connectivity index (χ4v) is 2.88. The zero-order valence-corrected chi connectivity index (χ0v) is 13.1. The Morgan fingerprint density at radius 1 is 1.29 bits per heavy atom. The summed E-state index contributed by atoms with van der Waals surface area (Å²) in [6, 6.07) is 6.85. The number of rotatable bonds is 8. The minimum absolute atomic E-state index is 0.429. The third kappa shape index (κ3) is 5.02. The highest BCUT2D eigenvalue weighted by Gasteiger charge is 2.02. The van der Waals surface area contributed by atoms with Gasteiger partial charge in [-0.3, -0.25) is 4.79 Å². The van der Waals surface area contributed by atoms with Crippen LogP contribution in [0.25, 0.3) is 0 Å². The number of halogens is 1. The molecule has 0 saturated carbocycles. The van der Waals surface area contributed by atoms with Crippen molar-refractivity contribution in [3.8, 4) is 5.75 Å². The van der Waals surface area contributed by atoms with Gasteiger partial charge in [0.2, 0.25) is 5.91 Å². The molecule has 1 aromatic heterocycles. The highest BCUT2D eigenvalue weighted by Crippen LogP contribution is 2.15. The number of aryl methyl sites for hydroxylation is 1. The van der Waals surface area contributed by atoms with Crippen molar-refractivity contribution < 1.29 is 9.53 Å². The summed E-state index contributed by atoms with van der Waals surface area (Å²) >= 11 is 7.37. The van der Waals surface area contributed by atoms with Gasteiger partial charge in [-0.25, -0.2) is 4.98 Å². The maximum atomic E-state index is 10.9. The summed E-state index contributed by atoms with van der Waals surface area (Å²) in [4.78, 5) is 15.4. The van der Waals surface area contributed by atoms with Crippen molar-refractivity contribution in [1.82, 2.24) is 4.98 Å². The van der Waals surface area contributed by atoms with Crippen LogP contribution < -0.4 is 10.5 Å². The third-order valence-electron chi connectivity index (χ3n) is 2.93. The second-order valence-electron chi connectivity index (χ2n) is 4.56. The molecule has 0 bridgehead atoms. The lowest BCUT2D eigenvalue weighted by Crippen LogP contribution is -2.10. The van der Waals surface area contributed by atoms with Gasteiger partial charge in [-0.2, -0.15) is 0 Å². The van der Waals surface area contributed by atoms with E-state index in [1.165, 1.54) is 0 Å². The monoisotopic (exact) mass is 324 g/mol. The topological polar surface area (TPSA) is 65.2 Å². The Kier molecular flexibility index (Phi) is 6.02. The number of carbonyl (C=O) groups is 1. The van der Waals surface area contributed by atoms with Crippen molar-refractivity contribution in [2.45, 2.75) is 25.1 Å². The van der Waals surface area contributed by atoms with Gasteiger partial charge in [-0.1, -0.05) is 0 Å². The van der Waals surface area contributed by atoms with Crippen molar-refractivity contribution in [2.75, 3.05) is 6.61 Å². The van der Waals surface area contributed by atoms with Gasteiger partial charge in [-0.15, -0.1) is 22.9 Å². The summed E-state index contributed by atoms with van der Waals surface area (Å²) in [6.07, 6.45) is 2.92. The van der Waals surface area contributed by atoms with E-state index >= 15 is 0 Å². The van der Waals surface area contributed by atoms with Crippen molar-refractivity contribution in [3.63, 3.8) is 0 Å². The van der Waals surface area contributed by atoms with Gasteiger partial charge in [0.05, 0.1) is 23.2 Å². The summed E-state index contributed by atoms with van der Waals surface area (Å²) in [5, 5.41) is 3.12. The molecule has 6 heteroatoms. The molecule has 2 aromatic rings. The van der Waals surface area contributed by atoms with Gasteiger partial charge in [0, 0.05) is 10.9 Å². The molecule has 0 fully saturated rings.